The smallest absolute Gasteiger partial charge is 0.333 e. The predicted octanol–water partition coefficient (Wildman–Crippen LogP) is 4.11. The third kappa shape index (κ3) is 2.91. The summed E-state index contributed by atoms with van der Waals surface area (Å²) in [6.45, 7) is 5.39. The van der Waals surface area contributed by atoms with E-state index in [4.69, 9.17) is 9.15 Å². The molecular formula is C18H15NO3. The maximum atomic E-state index is 11.4. The van der Waals surface area contributed by atoms with Gasteiger partial charge in [0.2, 0.25) is 5.89 Å². The van der Waals surface area contributed by atoms with Crippen molar-refractivity contribution in [2.75, 3.05) is 0 Å². The molecule has 22 heavy (non-hydrogen) atoms. The molecule has 1 aromatic heterocycles. The van der Waals surface area contributed by atoms with Crippen molar-refractivity contribution in [2.24, 2.45) is 0 Å². The van der Waals surface area contributed by atoms with Gasteiger partial charge in [0.25, 0.3) is 0 Å². The zero-order chi connectivity index (χ0) is 15.5. The lowest BCUT2D eigenvalue weighted by molar-refractivity contribution is -0.140. The molecule has 0 saturated heterocycles. The second-order valence-electron chi connectivity index (χ2n) is 5.04. The van der Waals surface area contributed by atoms with Crippen molar-refractivity contribution in [3.63, 3.8) is 0 Å². The van der Waals surface area contributed by atoms with E-state index in [9.17, 15) is 4.79 Å². The van der Waals surface area contributed by atoms with E-state index in [0.29, 0.717) is 11.5 Å². The maximum absolute atomic E-state index is 11.4. The second-order valence-corrected chi connectivity index (χ2v) is 5.04. The minimum atomic E-state index is -0.386. The van der Waals surface area contributed by atoms with Gasteiger partial charge in [-0.05, 0) is 36.8 Å². The van der Waals surface area contributed by atoms with E-state index in [1.165, 1.54) is 0 Å². The van der Waals surface area contributed by atoms with Crippen LogP contribution in [-0.2, 0) is 16.1 Å². The molecule has 0 aliphatic carbocycles. The summed E-state index contributed by atoms with van der Waals surface area (Å²) in [5.74, 6) is 0.190. The van der Waals surface area contributed by atoms with Crippen LogP contribution in [0.4, 0.5) is 0 Å². The van der Waals surface area contributed by atoms with Crippen molar-refractivity contribution in [2.45, 2.75) is 13.5 Å². The van der Waals surface area contributed by atoms with Crippen molar-refractivity contribution >= 4 is 17.1 Å². The average molecular weight is 293 g/mol. The molecule has 0 N–H and O–H groups in total. The Morgan fingerprint density at radius 1 is 1.18 bits per heavy atom. The average Bonchev–Trinajstić information content (AvgIpc) is 2.97. The van der Waals surface area contributed by atoms with Crippen LogP contribution >= 0.6 is 0 Å². The fourth-order valence-corrected chi connectivity index (χ4v) is 2.01. The van der Waals surface area contributed by atoms with E-state index in [0.717, 1.165) is 22.2 Å². The zero-order valence-corrected chi connectivity index (χ0v) is 12.2. The number of hydrogen-bond acceptors (Lipinski definition) is 4. The van der Waals surface area contributed by atoms with Gasteiger partial charge in [0, 0.05) is 11.1 Å². The number of hydrogen-bond donors (Lipinski definition) is 0. The van der Waals surface area contributed by atoms with Crippen molar-refractivity contribution in [3.8, 4) is 11.5 Å². The van der Waals surface area contributed by atoms with Gasteiger partial charge in [0.05, 0.1) is 0 Å². The van der Waals surface area contributed by atoms with Gasteiger partial charge in [-0.2, -0.15) is 0 Å². The fourth-order valence-electron chi connectivity index (χ4n) is 2.01. The number of ether oxygens (including phenoxy) is 1. The van der Waals surface area contributed by atoms with Crippen molar-refractivity contribution in [3.05, 3.63) is 66.2 Å². The van der Waals surface area contributed by atoms with Gasteiger partial charge >= 0.3 is 5.97 Å². The van der Waals surface area contributed by atoms with Gasteiger partial charge in [-0.15, -0.1) is 0 Å². The molecule has 0 atom stereocenters. The normalized spacial score (nSPS) is 10.6. The number of para-hydroxylation sites is 2. The third-order valence-corrected chi connectivity index (χ3v) is 3.21. The number of carbonyl (C=O) groups excluding carboxylic acids is 1. The first-order chi connectivity index (χ1) is 10.6. The summed E-state index contributed by atoms with van der Waals surface area (Å²) in [7, 11) is 0. The molecule has 0 fully saturated rings. The number of nitrogens with zero attached hydrogens (tertiary/aromatic N) is 1. The fraction of sp³-hybridized carbons (Fsp3) is 0.111. The highest BCUT2D eigenvalue weighted by Gasteiger charge is 2.08. The van der Waals surface area contributed by atoms with E-state index >= 15 is 0 Å². The lowest BCUT2D eigenvalue weighted by Crippen LogP contribution is -2.04. The lowest BCUT2D eigenvalue weighted by Gasteiger charge is -2.04. The van der Waals surface area contributed by atoms with Gasteiger partial charge in [-0.1, -0.05) is 30.8 Å². The van der Waals surface area contributed by atoms with Crippen LogP contribution in [-0.4, -0.2) is 11.0 Å². The van der Waals surface area contributed by atoms with E-state index < -0.39 is 0 Å². The number of aromatic nitrogens is 1. The summed E-state index contributed by atoms with van der Waals surface area (Å²) in [6, 6.07) is 15.2. The first-order valence-electron chi connectivity index (χ1n) is 6.91. The summed E-state index contributed by atoms with van der Waals surface area (Å²) in [5, 5.41) is 0. The van der Waals surface area contributed by atoms with Gasteiger partial charge in [-0.3, -0.25) is 0 Å². The number of benzene rings is 2. The molecule has 0 saturated carbocycles. The minimum Gasteiger partial charge on any atom is -0.457 e. The minimum absolute atomic E-state index is 0.222. The molecular weight excluding hydrogens is 278 g/mol. The van der Waals surface area contributed by atoms with Crippen molar-refractivity contribution < 1.29 is 13.9 Å². The molecule has 1 heterocycles. The molecule has 2 aromatic carbocycles. The number of esters is 1. The molecule has 0 aliphatic rings. The highest BCUT2D eigenvalue weighted by molar-refractivity contribution is 5.86. The molecule has 0 aliphatic heterocycles. The van der Waals surface area contributed by atoms with E-state index in [-0.39, 0.29) is 12.6 Å². The molecule has 0 spiro atoms. The number of fused-ring (bicyclic) bond motifs is 1. The first kappa shape index (κ1) is 14.1. The van der Waals surface area contributed by atoms with E-state index in [1.54, 1.807) is 6.92 Å². The van der Waals surface area contributed by atoms with Gasteiger partial charge in [0.1, 0.15) is 12.1 Å². The number of carbonyl (C=O) groups is 1. The van der Waals surface area contributed by atoms with Crippen LogP contribution in [0.1, 0.15) is 12.5 Å². The maximum Gasteiger partial charge on any atom is 0.333 e. The Kier molecular flexibility index (Phi) is 3.74. The monoisotopic (exact) mass is 293 g/mol. The van der Waals surface area contributed by atoms with Crippen LogP contribution < -0.4 is 0 Å². The highest BCUT2D eigenvalue weighted by atomic mass is 16.5. The first-order valence-corrected chi connectivity index (χ1v) is 6.91. The Morgan fingerprint density at radius 2 is 1.91 bits per heavy atom. The quantitative estimate of drug-likeness (QED) is 0.536. The summed E-state index contributed by atoms with van der Waals surface area (Å²) < 4.78 is 10.8. The van der Waals surface area contributed by atoms with Crippen LogP contribution in [0.2, 0.25) is 0 Å². The molecule has 3 aromatic rings. The Hall–Kier alpha value is -2.88. The molecule has 3 rings (SSSR count). The topological polar surface area (TPSA) is 52.3 Å². The molecule has 0 amide bonds. The Labute approximate surface area is 128 Å². The van der Waals surface area contributed by atoms with E-state index in [2.05, 4.69) is 11.6 Å². The molecule has 4 heteroatoms. The Balaban J connectivity index is 1.76. The Bertz CT molecular complexity index is 798. The largest absolute Gasteiger partial charge is 0.457 e. The molecule has 110 valence electrons. The molecule has 0 bridgehead atoms. The standard InChI is InChI=1S/C18H15NO3/c1-12(2)18(20)21-11-13-7-9-14(10-8-13)17-19-15-5-3-4-6-16(15)22-17/h3-10H,1,11H2,2H3. The van der Waals surface area contributed by atoms with Crippen LogP contribution in [0.25, 0.3) is 22.6 Å². The highest BCUT2D eigenvalue weighted by Crippen LogP contribution is 2.24. The number of rotatable bonds is 4. The van der Waals surface area contributed by atoms with Crippen molar-refractivity contribution in [1.29, 1.82) is 0 Å². The summed E-state index contributed by atoms with van der Waals surface area (Å²) in [4.78, 5) is 15.8. The van der Waals surface area contributed by atoms with Gasteiger partial charge in [0.15, 0.2) is 5.58 Å². The van der Waals surface area contributed by atoms with Gasteiger partial charge in [-0.25, -0.2) is 9.78 Å². The second kappa shape index (κ2) is 5.85. The van der Waals surface area contributed by atoms with Gasteiger partial charge < -0.3 is 9.15 Å². The third-order valence-electron chi connectivity index (χ3n) is 3.21. The summed E-state index contributed by atoms with van der Waals surface area (Å²) in [5.41, 5.74) is 3.76. The molecule has 0 unspecified atom stereocenters. The number of oxazole rings is 1. The Morgan fingerprint density at radius 3 is 2.59 bits per heavy atom. The van der Waals surface area contributed by atoms with Crippen LogP contribution in [0.5, 0.6) is 0 Å². The van der Waals surface area contributed by atoms with Crippen LogP contribution in [0.15, 0.2) is 65.1 Å². The van der Waals surface area contributed by atoms with E-state index in [1.807, 2.05) is 48.5 Å². The molecule has 4 nitrogen and oxygen atoms in total. The van der Waals surface area contributed by atoms with Crippen molar-refractivity contribution in [1.82, 2.24) is 4.98 Å². The summed E-state index contributed by atoms with van der Waals surface area (Å²) >= 11 is 0. The van der Waals surface area contributed by atoms with Crippen LogP contribution in [0.3, 0.4) is 0 Å². The lowest BCUT2D eigenvalue weighted by atomic mass is 10.1. The zero-order valence-electron chi connectivity index (χ0n) is 12.2. The van der Waals surface area contributed by atoms with Crippen LogP contribution in [0, 0.1) is 0 Å². The molecule has 0 radical (unpaired) electrons. The SMILES string of the molecule is C=C(C)C(=O)OCc1ccc(-c2nc3ccccc3o2)cc1. The predicted molar refractivity (Wildman–Crippen MR) is 84.1 cm³/mol. The summed E-state index contributed by atoms with van der Waals surface area (Å²) in [6.07, 6.45) is 0.